The summed E-state index contributed by atoms with van der Waals surface area (Å²) in [5.74, 6) is -0.0571. The van der Waals surface area contributed by atoms with E-state index in [-0.39, 0.29) is 11.6 Å². The van der Waals surface area contributed by atoms with E-state index in [4.69, 9.17) is 0 Å². The van der Waals surface area contributed by atoms with Gasteiger partial charge < -0.3 is 0 Å². The van der Waals surface area contributed by atoms with Gasteiger partial charge in [0.05, 0.1) is 0 Å². The molecule has 0 aliphatic rings. The maximum atomic E-state index is 11.2. The minimum atomic E-state index is -3.68. The molecule has 18 heavy (non-hydrogen) atoms. The molecule has 98 valence electrons. The Kier molecular flexibility index (Phi) is 4.09. The smallest absolute Gasteiger partial charge is 0.255 e. The zero-order valence-corrected chi connectivity index (χ0v) is 10.8. The Morgan fingerprint density at radius 1 is 0.944 bits per heavy atom. The first kappa shape index (κ1) is 14.2. The van der Waals surface area contributed by atoms with Crippen molar-refractivity contribution >= 4 is 31.7 Å². The first-order valence-electron chi connectivity index (χ1n) is 4.55. The standard InChI is InChI=1S/C9H11N3O4S2/c1-3-17(13,14)11-8-6-5-7-9(10-8)12-18(15,16)4-2/h3-7H,1-2H2,(H2,10,11,12). The Hall–Kier alpha value is -1.87. The summed E-state index contributed by atoms with van der Waals surface area (Å²) in [4.78, 5) is 3.76. The largest absolute Gasteiger partial charge is 0.264 e. The molecule has 0 fully saturated rings. The van der Waals surface area contributed by atoms with Crippen LogP contribution in [0, 0.1) is 0 Å². The van der Waals surface area contributed by atoms with Crippen LogP contribution in [-0.2, 0) is 20.0 Å². The molecule has 0 amide bonds. The number of aromatic nitrogens is 1. The van der Waals surface area contributed by atoms with Crippen LogP contribution in [0.2, 0.25) is 0 Å². The number of nitrogens with one attached hydrogen (secondary N) is 2. The molecule has 2 N–H and O–H groups in total. The molecule has 0 bridgehead atoms. The molecular formula is C9H11N3O4S2. The molecule has 0 unspecified atom stereocenters. The van der Waals surface area contributed by atoms with Gasteiger partial charge in [-0.05, 0) is 12.1 Å². The Bertz CT molecular complexity index is 610. The van der Waals surface area contributed by atoms with Crippen molar-refractivity contribution in [2.45, 2.75) is 0 Å². The number of nitrogens with zero attached hydrogens (tertiary/aromatic N) is 1. The highest BCUT2D eigenvalue weighted by Crippen LogP contribution is 2.12. The van der Waals surface area contributed by atoms with Crippen molar-refractivity contribution < 1.29 is 16.8 Å². The predicted molar refractivity (Wildman–Crippen MR) is 69.7 cm³/mol. The summed E-state index contributed by atoms with van der Waals surface area (Å²) in [6.07, 6.45) is 0. The first-order valence-corrected chi connectivity index (χ1v) is 7.65. The van der Waals surface area contributed by atoms with E-state index in [2.05, 4.69) is 27.6 Å². The second kappa shape index (κ2) is 5.19. The highest BCUT2D eigenvalue weighted by atomic mass is 32.2. The third-order valence-corrected chi connectivity index (χ3v) is 3.55. The third kappa shape index (κ3) is 4.18. The number of anilines is 2. The van der Waals surface area contributed by atoms with Crippen LogP contribution in [0.1, 0.15) is 0 Å². The predicted octanol–water partition coefficient (Wildman–Crippen LogP) is 0.852. The van der Waals surface area contributed by atoms with Gasteiger partial charge in [0.1, 0.15) is 11.6 Å². The van der Waals surface area contributed by atoms with Gasteiger partial charge in [-0.3, -0.25) is 9.44 Å². The van der Waals surface area contributed by atoms with Crippen molar-refractivity contribution in [1.29, 1.82) is 0 Å². The van der Waals surface area contributed by atoms with Crippen molar-refractivity contribution in [2.75, 3.05) is 9.44 Å². The minimum Gasteiger partial charge on any atom is -0.264 e. The maximum Gasteiger partial charge on any atom is 0.255 e. The number of pyridine rings is 1. The van der Waals surface area contributed by atoms with Crippen LogP contribution in [0.25, 0.3) is 0 Å². The molecule has 1 aromatic rings. The molecule has 0 saturated heterocycles. The molecular weight excluding hydrogens is 278 g/mol. The van der Waals surface area contributed by atoms with E-state index in [1.807, 2.05) is 0 Å². The van der Waals surface area contributed by atoms with E-state index in [0.29, 0.717) is 0 Å². The van der Waals surface area contributed by atoms with Gasteiger partial charge in [0.25, 0.3) is 20.0 Å². The lowest BCUT2D eigenvalue weighted by Gasteiger charge is -2.06. The molecule has 0 aliphatic heterocycles. The van der Waals surface area contributed by atoms with Gasteiger partial charge in [0, 0.05) is 10.8 Å². The Balaban J connectivity index is 3.00. The van der Waals surface area contributed by atoms with E-state index in [1.165, 1.54) is 18.2 Å². The van der Waals surface area contributed by atoms with Crippen molar-refractivity contribution in [3.05, 3.63) is 42.2 Å². The van der Waals surface area contributed by atoms with Gasteiger partial charge in [-0.15, -0.1) is 0 Å². The molecule has 0 saturated carbocycles. The topological polar surface area (TPSA) is 105 Å². The maximum absolute atomic E-state index is 11.2. The second-order valence-corrected chi connectivity index (χ2v) is 6.29. The zero-order valence-electron chi connectivity index (χ0n) is 9.20. The van der Waals surface area contributed by atoms with Gasteiger partial charge in [-0.25, -0.2) is 21.8 Å². The summed E-state index contributed by atoms with van der Waals surface area (Å²) in [6, 6.07) is 4.18. The number of sulfonamides is 2. The molecule has 1 heterocycles. The quantitative estimate of drug-likeness (QED) is 0.807. The minimum absolute atomic E-state index is 0.0286. The molecule has 0 aromatic carbocycles. The monoisotopic (exact) mass is 289 g/mol. The summed E-state index contributed by atoms with van der Waals surface area (Å²) in [5.41, 5.74) is 0. The molecule has 0 aliphatic carbocycles. The Labute approximate surface area is 105 Å². The molecule has 0 spiro atoms. The fraction of sp³-hybridized carbons (Fsp3) is 0. The zero-order chi connectivity index (χ0) is 13.8. The highest BCUT2D eigenvalue weighted by Gasteiger charge is 2.08. The van der Waals surface area contributed by atoms with Crippen molar-refractivity contribution in [1.82, 2.24) is 4.98 Å². The number of hydrogen-bond donors (Lipinski definition) is 2. The van der Waals surface area contributed by atoms with Gasteiger partial charge in [0.2, 0.25) is 0 Å². The lowest BCUT2D eigenvalue weighted by Crippen LogP contribution is -2.13. The van der Waals surface area contributed by atoms with Crippen LogP contribution in [0.4, 0.5) is 11.6 Å². The third-order valence-electron chi connectivity index (χ3n) is 1.68. The summed E-state index contributed by atoms with van der Waals surface area (Å²) >= 11 is 0. The number of rotatable bonds is 6. The summed E-state index contributed by atoms with van der Waals surface area (Å²) in [7, 11) is -7.37. The molecule has 0 radical (unpaired) electrons. The highest BCUT2D eigenvalue weighted by molar-refractivity contribution is 7.95. The SMILES string of the molecule is C=CS(=O)(=O)Nc1cccc(NS(=O)(=O)C=C)n1. The molecule has 1 aromatic heterocycles. The van der Waals surface area contributed by atoms with Crippen molar-refractivity contribution in [2.24, 2.45) is 0 Å². The van der Waals surface area contributed by atoms with Gasteiger partial charge in [-0.2, -0.15) is 0 Å². The molecule has 9 heteroatoms. The van der Waals surface area contributed by atoms with Crippen LogP contribution < -0.4 is 9.44 Å². The second-order valence-electron chi connectivity index (χ2n) is 3.04. The first-order chi connectivity index (χ1) is 8.28. The lowest BCUT2D eigenvalue weighted by molar-refractivity contribution is 0.608. The van der Waals surface area contributed by atoms with Crippen molar-refractivity contribution in [3.63, 3.8) is 0 Å². The van der Waals surface area contributed by atoms with Crippen LogP contribution >= 0.6 is 0 Å². The molecule has 1 rings (SSSR count). The van der Waals surface area contributed by atoms with Crippen molar-refractivity contribution in [3.8, 4) is 0 Å². The van der Waals surface area contributed by atoms with Gasteiger partial charge >= 0.3 is 0 Å². The summed E-state index contributed by atoms with van der Waals surface area (Å²) in [5, 5.41) is 1.44. The normalized spacial score (nSPS) is 11.6. The van der Waals surface area contributed by atoms with E-state index >= 15 is 0 Å². The van der Waals surface area contributed by atoms with Crippen LogP contribution in [-0.4, -0.2) is 21.8 Å². The number of hydrogen-bond acceptors (Lipinski definition) is 5. The fourth-order valence-electron chi connectivity index (χ4n) is 0.923. The van der Waals surface area contributed by atoms with Crippen LogP contribution in [0.5, 0.6) is 0 Å². The van der Waals surface area contributed by atoms with Gasteiger partial charge in [0.15, 0.2) is 0 Å². The lowest BCUT2D eigenvalue weighted by atomic mass is 10.4. The average Bonchev–Trinajstić information content (AvgIpc) is 2.28. The van der Waals surface area contributed by atoms with E-state index in [0.717, 1.165) is 10.8 Å². The summed E-state index contributed by atoms with van der Waals surface area (Å²) in [6.45, 7) is 6.24. The molecule has 7 nitrogen and oxygen atoms in total. The fourth-order valence-corrected chi connectivity index (χ4v) is 1.90. The van der Waals surface area contributed by atoms with E-state index in [9.17, 15) is 16.8 Å². The van der Waals surface area contributed by atoms with Crippen LogP contribution in [0.15, 0.2) is 42.2 Å². The Morgan fingerprint density at radius 2 is 1.33 bits per heavy atom. The van der Waals surface area contributed by atoms with Crippen LogP contribution in [0.3, 0.4) is 0 Å². The van der Waals surface area contributed by atoms with Gasteiger partial charge in [-0.1, -0.05) is 19.2 Å². The van der Waals surface area contributed by atoms with E-state index < -0.39 is 20.0 Å². The molecule has 0 atom stereocenters. The van der Waals surface area contributed by atoms with E-state index in [1.54, 1.807) is 0 Å². The average molecular weight is 289 g/mol. The Morgan fingerprint density at radius 3 is 1.67 bits per heavy atom. The summed E-state index contributed by atoms with van der Waals surface area (Å²) < 4.78 is 49.0.